The zero-order chi connectivity index (χ0) is 14.1. The predicted octanol–water partition coefficient (Wildman–Crippen LogP) is 3.00. The SMILES string of the molecule is Nc1cccc2c1CCCN2C(=O)c1cccc(F)c1. The van der Waals surface area contributed by atoms with Gasteiger partial charge < -0.3 is 10.6 Å². The summed E-state index contributed by atoms with van der Waals surface area (Å²) in [6, 6.07) is 11.4. The first-order valence-corrected chi connectivity index (χ1v) is 6.61. The van der Waals surface area contributed by atoms with Gasteiger partial charge in [0.1, 0.15) is 5.82 Å². The van der Waals surface area contributed by atoms with Crippen LogP contribution >= 0.6 is 0 Å². The molecule has 2 aromatic rings. The molecule has 1 heterocycles. The van der Waals surface area contributed by atoms with Gasteiger partial charge in [0.2, 0.25) is 0 Å². The number of nitrogen functional groups attached to an aromatic ring is 1. The van der Waals surface area contributed by atoms with E-state index in [0.717, 1.165) is 24.1 Å². The number of amides is 1. The summed E-state index contributed by atoms with van der Waals surface area (Å²) in [5, 5.41) is 0. The number of halogens is 1. The molecule has 1 aliphatic heterocycles. The highest BCUT2D eigenvalue weighted by molar-refractivity contribution is 6.07. The second kappa shape index (κ2) is 4.96. The lowest BCUT2D eigenvalue weighted by Gasteiger charge is -2.30. The topological polar surface area (TPSA) is 46.3 Å². The van der Waals surface area contributed by atoms with Crippen molar-refractivity contribution in [3.05, 3.63) is 59.4 Å². The van der Waals surface area contributed by atoms with Crippen LogP contribution in [0.15, 0.2) is 42.5 Å². The van der Waals surface area contributed by atoms with Crippen molar-refractivity contribution in [2.24, 2.45) is 0 Å². The number of fused-ring (bicyclic) bond motifs is 1. The van der Waals surface area contributed by atoms with E-state index < -0.39 is 5.82 Å². The Morgan fingerprint density at radius 2 is 2.00 bits per heavy atom. The van der Waals surface area contributed by atoms with E-state index >= 15 is 0 Å². The summed E-state index contributed by atoms with van der Waals surface area (Å²) in [5.74, 6) is -0.586. The Bertz CT molecular complexity index is 669. The first-order chi connectivity index (χ1) is 9.66. The van der Waals surface area contributed by atoms with Gasteiger partial charge in [-0.2, -0.15) is 0 Å². The Morgan fingerprint density at radius 3 is 2.80 bits per heavy atom. The molecule has 2 N–H and O–H groups in total. The predicted molar refractivity (Wildman–Crippen MR) is 77.3 cm³/mol. The largest absolute Gasteiger partial charge is 0.398 e. The number of benzene rings is 2. The monoisotopic (exact) mass is 270 g/mol. The number of carbonyl (C=O) groups is 1. The van der Waals surface area contributed by atoms with Crippen molar-refractivity contribution in [3.8, 4) is 0 Å². The molecule has 0 radical (unpaired) electrons. The molecule has 4 heteroatoms. The zero-order valence-electron chi connectivity index (χ0n) is 11.0. The van der Waals surface area contributed by atoms with Gasteiger partial charge in [0, 0.05) is 23.5 Å². The average Bonchev–Trinajstić information content (AvgIpc) is 2.46. The van der Waals surface area contributed by atoms with Gasteiger partial charge in [0.25, 0.3) is 5.91 Å². The molecule has 0 atom stereocenters. The molecule has 0 fully saturated rings. The smallest absolute Gasteiger partial charge is 0.258 e. The number of nitrogens with zero attached hydrogens (tertiary/aromatic N) is 1. The Morgan fingerprint density at radius 1 is 1.20 bits per heavy atom. The van der Waals surface area contributed by atoms with Crippen LogP contribution in [-0.4, -0.2) is 12.5 Å². The normalized spacial score (nSPS) is 13.9. The van der Waals surface area contributed by atoms with Crippen LogP contribution in [-0.2, 0) is 6.42 Å². The Labute approximate surface area is 116 Å². The van der Waals surface area contributed by atoms with E-state index in [-0.39, 0.29) is 5.91 Å². The molecule has 2 aromatic carbocycles. The van der Waals surface area contributed by atoms with Crippen LogP contribution in [0.5, 0.6) is 0 Å². The third kappa shape index (κ3) is 2.13. The summed E-state index contributed by atoms with van der Waals surface area (Å²) >= 11 is 0. The highest BCUT2D eigenvalue weighted by Gasteiger charge is 2.24. The van der Waals surface area contributed by atoms with Gasteiger partial charge in [-0.15, -0.1) is 0 Å². The summed E-state index contributed by atoms with van der Waals surface area (Å²) < 4.78 is 13.3. The van der Waals surface area contributed by atoms with Crippen molar-refractivity contribution in [2.45, 2.75) is 12.8 Å². The Kier molecular flexibility index (Phi) is 3.14. The van der Waals surface area contributed by atoms with Crippen LogP contribution < -0.4 is 10.6 Å². The van der Waals surface area contributed by atoms with Crippen LogP contribution in [0.1, 0.15) is 22.3 Å². The zero-order valence-corrected chi connectivity index (χ0v) is 11.0. The van der Waals surface area contributed by atoms with Crippen molar-refractivity contribution in [1.82, 2.24) is 0 Å². The standard InChI is InChI=1S/C16H15FN2O/c17-12-5-1-4-11(10-12)16(20)19-9-3-6-13-14(18)7-2-8-15(13)19/h1-2,4-5,7-8,10H,3,6,9,18H2. The number of hydrogen-bond acceptors (Lipinski definition) is 2. The first kappa shape index (κ1) is 12.7. The molecule has 0 unspecified atom stereocenters. The summed E-state index contributed by atoms with van der Waals surface area (Å²) in [5.41, 5.74) is 8.88. The molecule has 0 aromatic heterocycles. The molecule has 0 aliphatic carbocycles. The Balaban J connectivity index is 2.01. The number of hydrogen-bond donors (Lipinski definition) is 1. The van der Waals surface area contributed by atoms with Gasteiger partial charge in [-0.1, -0.05) is 12.1 Å². The molecular formula is C16H15FN2O. The summed E-state index contributed by atoms with van der Waals surface area (Å²) in [6.45, 7) is 0.631. The van der Waals surface area contributed by atoms with E-state index in [1.54, 1.807) is 17.0 Å². The van der Waals surface area contributed by atoms with Crippen molar-refractivity contribution in [3.63, 3.8) is 0 Å². The van der Waals surface area contributed by atoms with E-state index in [2.05, 4.69) is 0 Å². The van der Waals surface area contributed by atoms with Crippen LogP contribution in [0.4, 0.5) is 15.8 Å². The fourth-order valence-electron chi connectivity index (χ4n) is 2.64. The van der Waals surface area contributed by atoms with E-state index in [4.69, 9.17) is 5.73 Å². The molecule has 1 aliphatic rings. The van der Waals surface area contributed by atoms with E-state index in [0.29, 0.717) is 17.8 Å². The minimum atomic E-state index is -0.402. The third-order valence-electron chi connectivity index (χ3n) is 3.60. The number of rotatable bonds is 1. The third-order valence-corrected chi connectivity index (χ3v) is 3.60. The lowest BCUT2D eigenvalue weighted by atomic mass is 9.99. The summed E-state index contributed by atoms with van der Waals surface area (Å²) in [7, 11) is 0. The van der Waals surface area contributed by atoms with Gasteiger partial charge in [-0.05, 0) is 48.7 Å². The van der Waals surface area contributed by atoms with E-state index in [1.165, 1.54) is 12.1 Å². The van der Waals surface area contributed by atoms with Gasteiger partial charge in [-0.3, -0.25) is 4.79 Å². The van der Waals surface area contributed by atoms with Gasteiger partial charge >= 0.3 is 0 Å². The second-order valence-corrected chi connectivity index (χ2v) is 4.92. The molecule has 0 saturated heterocycles. The lowest BCUT2D eigenvalue weighted by molar-refractivity contribution is 0.0984. The van der Waals surface area contributed by atoms with Crippen LogP contribution in [0.25, 0.3) is 0 Å². The van der Waals surface area contributed by atoms with Gasteiger partial charge in [0.15, 0.2) is 0 Å². The molecule has 3 rings (SSSR count). The molecule has 3 nitrogen and oxygen atoms in total. The number of nitrogens with two attached hydrogens (primary N) is 1. The first-order valence-electron chi connectivity index (χ1n) is 6.61. The highest BCUT2D eigenvalue weighted by atomic mass is 19.1. The maximum atomic E-state index is 13.3. The van der Waals surface area contributed by atoms with Gasteiger partial charge in [-0.25, -0.2) is 4.39 Å². The van der Waals surface area contributed by atoms with Gasteiger partial charge in [0.05, 0.1) is 0 Å². The quantitative estimate of drug-likeness (QED) is 0.810. The molecule has 0 bridgehead atoms. The van der Waals surface area contributed by atoms with Crippen LogP contribution in [0.2, 0.25) is 0 Å². The number of carbonyl (C=O) groups excluding carboxylic acids is 1. The fourth-order valence-corrected chi connectivity index (χ4v) is 2.64. The minimum absolute atomic E-state index is 0.184. The van der Waals surface area contributed by atoms with Crippen LogP contribution in [0, 0.1) is 5.82 Å². The molecule has 102 valence electrons. The van der Waals surface area contributed by atoms with Crippen molar-refractivity contribution < 1.29 is 9.18 Å². The summed E-state index contributed by atoms with van der Waals surface area (Å²) in [6.07, 6.45) is 1.73. The van der Waals surface area contributed by atoms with Crippen molar-refractivity contribution in [2.75, 3.05) is 17.2 Å². The fraction of sp³-hybridized carbons (Fsp3) is 0.188. The maximum absolute atomic E-state index is 13.3. The lowest BCUT2D eigenvalue weighted by Crippen LogP contribution is -2.35. The molecule has 1 amide bonds. The van der Waals surface area contributed by atoms with Crippen LogP contribution in [0.3, 0.4) is 0 Å². The highest BCUT2D eigenvalue weighted by Crippen LogP contribution is 2.32. The minimum Gasteiger partial charge on any atom is -0.398 e. The number of anilines is 2. The summed E-state index contributed by atoms with van der Waals surface area (Å²) in [4.78, 5) is 14.2. The molecule has 20 heavy (non-hydrogen) atoms. The molecular weight excluding hydrogens is 255 g/mol. The second-order valence-electron chi connectivity index (χ2n) is 4.92. The van der Waals surface area contributed by atoms with E-state index in [9.17, 15) is 9.18 Å². The van der Waals surface area contributed by atoms with E-state index in [1.807, 2.05) is 18.2 Å². The van der Waals surface area contributed by atoms with Crippen molar-refractivity contribution in [1.29, 1.82) is 0 Å². The molecule has 0 spiro atoms. The average molecular weight is 270 g/mol. The maximum Gasteiger partial charge on any atom is 0.258 e. The van der Waals surface area contributed by atoms with Crippen molar-refractivity contribution >= 4 is 17.3 Å². The molecule has 0 saturated carbocycles. The Hall–Kier alpha value is -2.36.